The summed E-state index contributed by atoms with van der Waals surface area (Å²) < 4.78 is 0. The van der Waals surface area contributed by atoms with Gasteiger partial charge in [-0.25, -0.2) is 4.98 Å². The maximum absolute atomic E-state index is 13.3. The highest BCUT2D eigenvalue weighted by atomic mass is 32.1. The van der Waals surface area contributed by atoms with Crippen LogP contribution in [0, 0.1) is 17.8 Å². The van der Waals surface area contributed by atoms with Crippen molar-refractivity contribution in [2.24, 2.45) is 17.8 Å². The van der Waals surface area contributed by atoms with Crippen LogP contribution >= 0.6 is 11.3 Å². The van der Waals surface area contributed by atoms with Crippen molar-refractivity contribution in [3.8, 4) is 0 Å². The van der Waals surface area contributed by atoms with Gasteiger partial charge in [-0.15, -0.1) is 0 Å². The van der Waals surface area contributed by atoms with Crippen molar-refractivity contribution in [3.63, 3.8) is 0 Å². The van der Waals surface area contributed by atoms with Crippen LogP contribution in [0.4, 0.5) is 5.13 Å². The summed E-state index contributed by atoms with van der Waals surface area (Å²) in [7, 11) is 2.16. The standard InChI is InChI=1S/C26H34N4OS/c1-18-11-19(12-18)13-20(14-21-16-27-23-6-4-3-5-22(21)23)15-24(31)25-17-28-26(32-25)30-9-7-29(2)8-10-30/h3-6,16-20,27H,7-15H2,1-2H3. The molecule has 1 aromatic carbocycles. The van der Waals surface area contributed by atoms with Crippen LogP contribution in [0.1, 0.15) is 47.8 Å². The summed E-state index contributed by atoms with van der Waals surface area (Å²) in [5, 5.41) is 2.30. The molecule has 1 N–H and O–H groups in total. The number of carbonyl (C=O) groups excluding carboxylic acids is 1. The number of fused-ring (bicyclic) bond motifs is 1. The first-order valence-corrected chi connectivity index (χ1v) is 12.8. The third-order valence-electron chi connectivity index (χ3n) is 7.34. The topological polar surface area (TPSA) is 52.2 Å². The normalized spacial score (nSPS) is 22.8. The van der Waals surface area contributed by atoms with Crippen LogP contribution in [-0.2, 0) is 6.42 Å². The van der Waals surface area contributed by atoms with E-state index in [1.54, 1.807) is 11.3 Å². The minimum Gasteiger partial charge on any atom is -0.361 e. The Labute approximate surface area is 194 Å². The average Bonchev–Trinajstić information content (AvgIpc) is 3.41. The SMILES string of the molecule is CC1CC(CC(CC(=O)c2cnc(N3CCN(C)CC3)s2)Cc2c[nH]c3ccccc23)C1. The maximum atomic E-state index is 13.3. The van der Waals surface area contributed by atoms with Crippen LogP contribution in [0.5, 0.6) is 0 Å². The molecule has 1 unspecified atom stereocenters. The van der Waals surface area contributed by atoms with E-state index in [9.17, 15) is 4.79 Å². The lowest BCUT2D eigenvalue weighted by Crippen LogP contribution is -2.44. The second kappa shape index (κ2) is 9.36. The fourth-order valence-electron chi connectivity index (χ4n) is 5.48. The van der Waals surface area contributed by atoms with Crippen LogP contribution in [0.25, 0.3) is 10.9 Å². The first kappa shape index (κ1) is 21.7. The Morgan fingerprint density at radius 1 is 1.22 bits per heavy atom. The van der Waals surface area contributed by atoms with Crippen LogP contribution in [0.2, 0.25) is 0 Å². The predicted octanol–water partition coefficient (Wildman–Crippen LogP) is 5.24. The Hall–Kier alpha value is -2.18. The van der Waals surface area contributed by atoms with Gasteiger partial charge in [-0.1, -0.05) is 36.5 Å². The summed E-state index contributed by atoms with van der Waals surface area (Å²) in [6.45, 7) is 6.42. The smallest absolute Gasteiger partial charge is 0.186 e. The Balaban J connectivity index is 1.28. The van der Waals surface area contributed by atoms with Crippen LogP contribution in [0.3, 0.4) is 0 Å². The molecular weight excluding hydrogens is 416 g/mol. The molecule has 1 atom stereocenters. The fraction of sp³-hybridized carbons (Fsp3) is 0.538. The summed E-state index contributed by atoms with van der Waals surface area (Å²) in [6, 6.07) is 8.49. The number of thiazole rings is 1. The Morgan fingerprint density at radius 2 is 2.00 bits per heavy atom. The van der Waals surface area contributed by atoms with E-state index in [0.717, 1.165) is 60.9 Å². The summed E-state index contributed by atoms with van der Waals surface area (Å²) in [4.78, 5) is 26.8. The number of aromatic nitrogens is 2. The lowest BCUT2D eigenvalue weighted by molar-refractivity contribution is 0.0941. The first-order chi connectivity index (χ1) is 15.5. The number of rotatable bonds is 8. The monoisotopic (exact) mass is 450 g/mol. The number of piperazine rings is 1. The van der Waals surface area contributed by atoms with E-state index in [2.05, 4.69) is 64.2 Å². The molecule has 1 saturated heterocycles. The molecule has 6 heteroatoms. The molecule has 3 heterocycles. The van der Waals surface area contributed by atoms with E-state index in [1.165, 1.54) is 29.3 Å². The molecular formula is C26H34N4OS. The minimum absolute atomic E-state index is 0.264. The molecule has 2 aliphatic rings. The molecule has 1 aliphatic carbocycles. The lowest BCUT2D eigenvalue weighted by Gasteiger charge is -2.35. The van der Waals surface area contributed by atoms with E-state index in [-0.39, 0.29) is 5.78 Å². The molecule has 0 radical (unpaired) electrons. The van der Waals surface area contributed by atoms with Gasteiger partial charge in [-0.05, 0) is 62.1 Å². The van der Waals surface area contributed by atoms with Crippen molar-refractivity contribution in [2.75, 3.05) is 38.1 Å². The number of benzene rings is 1. The fourth-order valence-corrected chi connectivity index (χ4v) is 6.40. The van der Waals surface area contributed by atoms with Gasteiger partial charge in [0.1, 0.15) is 0 Å². The quantitative estimate of drug-likeness (QED) is 0.477. The highest BCUT2D eigenvalue weighted by Gasteiger charge is 2.30. The van der Waals surface area contributed by atoms with Crippen molar-refractivity contribution >= 4 is 33.2 Å². The Kier molecular flexibility index (Phi) is 6.33. The summed E-state index contributed by atoms with van der Waals surface area (Å²) >= 11 is 1.58. The number of nitrogens with zero attached hydrogens (tertiary/aromatic N) is 3. The summed E-state index contributed by atoms with van der Waals surface area (Å²) in [6.07, 6.45) is 9.32. The predicted molar refractivity (Wildman–Crippen MR) is 133 cm³/mol. The van der Waals surface area contributed by atoms with Crippen molar-refractivity contribution in [2.45, 2.75) is 39.0 Å². The number of para-hydroxylation sites is 1. The number of H-pyrrole nitrogens is 1. The van der Waals surface area contributed by atoms with Gasteiger partial charge in [0.25, 0.3) is 0 Å². The molecule has 5 nitrogen and oxygen atoms in total. The third kappa shape index (κ3) is 4.76. The second-order valence-corrected chi connectivity index (χ2v) is 11.0. The lowest BCUT2D eigenvalue weighted by atomic mass is 9.70. The van der Waals surface area contributed by atoms with E-state index in [0.29, 0.717) is 12.3 Å². The zero-order valence-electron chi connectivity index (χ0n) is 19.2. The molecule has 1 aliphatic heterocycles. The van der Waals surface area contributed by atoms with Gasteiger partial charge >= 0.3 is 0 Å². The van der Waals surface area contributed by atoms with Gasteiger partial charge < -0.3 is 14.8 Å². The van der Waals surface area contributed by atoms with Gasteiger partial charge in [0.05, 0.1) is 11.1 Å². The molecule has 0 spiro atoms. The van der Waals surface area contributed by atoms with Crippen LogP contribution < -0.4 is 4.90 Å². The number of nitrogens with one attached hydrogen (secondary N) is 1. The van der Waals surface area contributed by atoms with Crippen molar-refractivity contribution < 1.29 is 4.79 Å². The van der Waals surface area contributed by atoms with Crippen molar-refractivity contribution in [3.05, 3.63) is 47.1 Å². The van der Waals surface area contributed by atoms with Crippen LogP contribution in [-0.4, -0.2) is 53.9 Å². The average molecular weight is 451 g/mol. The zero-order valence-corrected chi connectivity index (χ0v) is 20.0. The summed E-state index contributed by atoms with van der Waals surface area (Å²) in [5.74, 6) is 2.26. The molecule has 2 aromatic heterocycles. The largest absolute Gasteiger partial charge is 0.361 e. The number of carbonyl (C=O) groups is 1. The molecule has 0 amide bonds. The van der Waals surface area contributed by atoms with Crippen molar-refractivity contribution in [1.29, 1.82) is 0 Å². The second-order valence-electron chi connectivity index (χ2n) is 10.0. The summed E-state index contributed by atoms with van der Waals surface area (Å²) in [5.41, 5.74) is 2.53. The number of likely N-dealkylation sites (N-methyl/N-ethyl adjacent to an activating group) is 1. The third-order valence-corrected chi connectivity index (χ3v) is 8.44. The number of hydrogen-bond donors (Lipinski definition) is 1. The van der Waals surface area contributed by atoms with Gasteiger partial charge in [-0.3, -0.25) is 4.79 Å². The molecule has 3 aromatic rings. The molecule has 0 bridgehead atoms. The van der Waals surface area contributed by atoms with Crippen LogP contribution in [0.15, 0.2) is 36.7 Å². The van der Waals surface area contributed by atoms with Gasteiger partial charge in [0.2, 0.25) is 0 Å². The number of anilines is 1. The molecule has 1 saturated carbocycles. The maximum Gasteiger partial charge on any atom is 0.186 e. The molecule has 2 fully saturated rings. The Bertz CT molecular complexity index is 1060. The number of Topliss-reactive ketones (excluding diaryl/α,β-unsaturated/α-hetero) is 1. The number of aromatic amines is 1. The van der Waals surface area contributed by atoms with E-state index >= 15 is 0 Å². The van der Waals surface area contributed by atoms with Crippen molar-refractivity contribution in [1.82, 2.24) is 14.9 Å². The molecule has 32 heavy (non-hydrogen) atoms. The number of hydrogen-bond acceptors (Lipinski definition) is 5. The van der Waals surface area contributed by atoms with E-state index in [1.807, 2.05) is 6.20 Å². The van der Waals surface area contributed by atoms with E-state index in [4.69, 9.17) is 0 Å². The zero-order chi connectivity index (χ0) is 22.1. The minimum atomic E-state index is 0.264. The van der Waals surface area contributed by atoms with Gasteiger partial charge in [0.15, 0.2) is 10.9 Å². The highest BCUT2D eigenvalue weighted by molar-refractivity contribution is 7.17. The van der Waals surface area contributed by atoms with Gasteiger partial charge in [0, 0.05) is 49.7 Å². The van der Waals surface area contributed by atoms with E-state index < -0.39 is 0 Å². The van der Waals surface area contributed by atoms with Gasteiger partial charge in [-0.2, -0.15) is 0 Å². The molecule has 5 rings (SSSR count). The number of ketones is 1. The molecule has 170 valence electrons. The highest BCUT2D eigenvalue weighted by Crippen LogP contribution is 2.40. The first-order valence-electron chi connectivity index (χ1n) is 12.0. The Morgan fingerprint density at radius 3 is 2.78 bits per heavy atom.